The van der Waals surface area contributed by atoms with Crippen molar-refractivity contribution in [3.63, 3.8) is 0 Å². The van der Waals surface area contributed by atoms with Crippen molar-refractivity contribution in [2.75, 3.05) is 6.54 Å². The van der Waals surface area contributed by atoms with Gasteiger partial charge in [-0.25, -0.2) is 0 Å². The molecule has 2 aromatic carbocycles. The normalized spacial score (nSPS) is 12.2. The molecule has 20 heavy (non-hydrogen) atoms. The molecule has 2 N–H and O–H groups in total. The van der Waals surface area contributed by atoms with Gasteiger partial charge >= 0.3 is 0 Å². The molecule has 0 aromatic heterocycles. The number of halogens is 2. The van der Waals surface area contributed by atoms with Crippen LogP contribution < -0.4 is 10.5 Å². The molecule has 0 bridgehead atoms. The van der Waals surface area contributed by atoms with Crippen LogP contribution in [0.25, 0.3) is 0 Å². The van der Waals surface area contributed by atoms with E-state index in [2.05, 4.69) is 15.9 Å². The first-order valence-electron chi connectivity index (χ1n) is 6.41. The zero-order valence-corrected chi connectivity index (χ0v) is 13.8. The second-order valence-corrected chi connectivity index (χ2v) is 5.93. The van der Waals surface area contributed by atoms with Crippen molar-refractivity contribution in [3.8, 4) is 5.75 Å². The van der Waals surface area contributed by atoms with Crippen LogP contribution in [0, 0.1) is 13.8 Å². The first kappa shape index (κ1) is 15.4. The SMILES string of the molecule is Cc1cc(OC(CN)c2ccccc2Cl)cc(C)c1Br. The van der Waals surface area contributed by atoms with Gasteiger partial charge in [-0.05, 0) is 43.2 Å². The van der Waals surface area contributed by atoms with Gasteiger partial charge in [0.05, 0.1) is 0 Å². The molecule has 0 radical (unpaired) electrons. The third-order valence-electron chi connectivity index (χ3n) is 3.15. The van der Waals surface area contributed by atoms with Crippen LogP contribution in [-0.4, -0.2) is 6.54 Å². The number of rotatable bonds is 4. The van der Waals surface area contributed by atoms with Crippen LogP contribution in [0.3, 0.4) is 0 Å². The van der Waals surface area contributed by atoms with E-state index in [4.69, 9.17) is 22.1 Å². The molecular formula is C16H17BrClNO. The highest BCUT2D eigenvalue weighted by atomic mass is 79.9. The van der Waals surface area contributed by atoms with Crippen molar-refractivity contribution in [1.82, 2.24) is 0 Å². The Morgan fingerprint density at radius 3 is 2.35 bits per heavy atom. The highest BCUT2D eigenvalue weighted by Crippen LogP contribution is 2.31. The van der Waals surface area contributed by atoms with Gasteiger partial charge in [0.15, 0.2) is 0 Å². The Morgan fingerprint density at radius 1 is 1.20 bits per heavy atom. The zero-order chi connectivity index (χ0) is 14.7. The van der Waals surface area contributed by atoms with Crippen LogP contribution in [0.2, 0.25) is 5.02 Å². The lowest BCUT2D eigenvalue weighted by Gasteiger charge is -2.20. The van der Waals surface area contributed by atoms with Crippen LogP contribution in [0.15, 0.2) is 40.9 Å². The first-order chi connectivity index (χ1) is 9.52. The maximum absolute atomic E-state index is 6.21. The van der Waals surface area contributed by atoms with E-state index in [9.17, 15) is 0 Å². The van der Waals surface area contributed by atoms with Gasteiger partial charge in [0.2, 0.25) is 0 Å². The molecule has 0 heterocycles. The van der Waals surface area contributed by atoms with E-state index in [1.54, 1.807) is 0 Å². The lowest BCUT2D eigenvalue weighted by atomic mass is 10.1. The van der Waals surface area contributed by atoms with Crippen LogP contribution >= 0.6 is 27.5 Å². The summed E-state index contributed by atoms with van der Waals surface area (Å²) in [4.78, 5) is 0. The molecule has 1 unspecified atom stereocenters. The fourth-order valence-corrected chi connectivity index (χ4v) is 2.60. The van der Waals surface area contributed by atoms with E-state index in [1.807, 2.05) is 50.2 Å². The maximum Gasteiger partial charge on any atom is 0.137 e. The third kappa shape index (κ3) is 3.35. The maximum atomic E-state index is 6.21. The highest BCUT2D eigenvalue weighted by molar-refractivity contribution is 9.10. The summed E-state index contributed by atoms with van der Waals surface area (Å²) in [5, 5.41) is 0.675. The van der Waals surface area contributed by atoms with E-state index >= 15 is 0 Å². The number of ether oxygens (including phenoxy) is 1. The van der Waals surface area contributed by atoms with Crippen LogP contribution in [0.5, 0.6) is 5.75 Å². The molecule has 0 aliphatic heterocycles. The van der Waals surface area contributed by atoms with E-state index in [1.165, 1.54) is 0 Å². The monoisotopic (exact) mass is 353 g/mol. The van der Waals surface area contributed by atoms with Crippen molar-refractivity contribution >= 4 is 27.5 Å². The van der Waals surface area contributed by atoms with E-state index < -0.39 is 0 Å². The van der Waals surface area contributed by atoms with Crippen molar-refractivity contribution in [1.29, 1.82) is 0 Å². The van der Waals surface area contributed by atoms with Gasteiger partial charge in [-0.3, -0.25) is 0 Å². The minimum Gasteiger partial charge on any atom is -0.484 e. The Labute approximate surface area is 133 Å². The van der Waals surface area contributed by atoms with Gasteiger partial charge in [-0.1, -0.05) is 45.7 Å². The molecule has 0 amide bonds. The summed E-state index contributed by atoms with van der Waals surface area (Å²) >= 11 is 9.76. The van der Waals surface area contributed by atoms with Crippen molar-refractivity contribution in [2.24, 2.45) is 5.73 Å². The molecule has 2 nitrogen and oxygen atoms in total. The smallest absolute Gasteiger partial charge is 0.137 e. The van der Waals surface area contributed by atoms with Gasteiger partial charge < -0.3 is 10.5 Å². The molecule has 0 saturated heterocycles. The average Bonchev–Trinajstić information content (AvgIpc) is 2.43. The predicted molar refractivity (Wildman–Crippen MR) is 87.5 cm³/mol. The molecule has 0 spiro atoms. The zero-order valence-electron chi connectivity index (χ0n) is 11.5. The van der Waals surface area contributed by atoms with Gasteiger partial charge in [-0.2, -0.15) is 0 Å². The van der Waals surface area contributed by atoms with Crippen LogP contribution in [0.1, 0.15) is 22.8 Å². The lowest BCUT2D eigenvalue weighted by Crippen LogP contribution is -2.19. The molecule has 106 valence electrons. The van der Waals surface area contributed by atoms with E-state index in [0.717, 1.165) is 26.9 Å². The largest absolute Gasteiger partial charge is 0.484 e. The summed E-state index contributed by atoms with van der Waals surface area (Å²) in [6, 6.07) is 11.6. The average molecular weight is 355 g/mol. The quantitative estimate of drug-likeness (QED) is 0.856. The van der Waals surface area contributed by atoms with Gasteiger partial charge in [-0.15, -0.1) is 0 Å². The van der Waals surface area contributed by atoms with Crippen LogP contribution in [0.4, 0.5) is 0 Å². The predicted octanol–water partition coefficient (Wildman–Crippen LogP) is 4.80. The summed E-state index contributed by atoms with van der Waals surface area (Å²) in [5.41, 5.74) is 9.01. The Kier molecular flexibility index (Phi) is 5.08. The molecule has 4 heteroatoms. The van der Waals surface area contributed by atoms with E-state index in [0.29, 0.717) is 11.6 Å². The standard InChI is InChI=1S/C16H17BrClNO/c1-10-7-12(8-11(2)16(10)17)20-15(9-19)13-5-3-4-6-14(13)18/h3-8,15H,9,19H2,1-2H3. The molecule has 0 saturated carbocycles. The summed E-state index contributed by atoms with van der Waals surface area (Å²) in [6.45, 7) is 4.45. The third-order valence-corrected chi connectivity index (χ3v) is 4.75. The molecule has 2 rings (SSSR count). The number of aryl methyl sites for hydroxylation is 2. The lowest BCUT2D eigenvalue weighted by molar-refractivity contribution is 0.214. The Morgan fingerprint density at radius 2 is 1.80 bits per heavy atom. The van der Waals surface area contributed by atoms with Gasteiger partial charge in [0, 0.05) is 21.6 Å². The van der Waals surface area contributed by atoms with Crippen LogP contribution in [-0.2, 0) is 0 Å². The number of benzene rings is 2. The molecule has 0 aliphatic rings. The highest BCUT2D eigenvalue weighted by Gasteiger charge is 2.15. The summed E-state index contributed by atoms with van der Waals surface area (Å²) in [7, 11) is 0. The Balaban J connectivity index is 2.30. The molecule has 2 aromatic rings. The van der Waals surface area contributed by atoms with Crippen molar-refractivity contribution < 1.29 is 4.74 Å². The molecule has 1 atom stereocenters. The van der Waals surface area contributed by atoms with Crippen molar-refractivity contribution in [3.05, 3.63) is 62.6 Å². The summed E-state index contributed by atoms with van der Waals surface area (Å²) in [6.07, 6.45) is -0.247. The minimum atomic E-state index is -0.247. The second kappa shape index (κ2) is 6.61. The van der Waals surface area contributed by atoms with E-state index in [-0.39, 0.29) is 6.10 Å². The topological polar surface area (TPSA) is 35.2 Å². The second-order valence-electron chi connectivity index (χ2n) is 4.73. The molecular weight excluding hydrogens is 338 g/mol. The van der Waals surface area contributed by atoms with Crippen molar-refractivity contribution in [2.45, 2.75) is 20.0 Å². The molecule has 0 fully saturated rings. The minimum absolute atomic E-state index is 0.247. The fourth-order valence-electron chi connectivity index (χ4n) is 2.11. The molecule has 0 aliphatic carbocycles. The Hall–Kier alpha value is -1.03. The van der Waals surface area contributed by atoms with Gasteiger partial charge in [0.25, 0.3) is 0 Å². The fraction of sp³-hybridized carbons (Fsp3) is 0.250. The number of hydrogen-bond donors (Lipinski definition) is 1. The first-order valence-corrected chi connectivity index (χ1v) is 7.58. The number of nitrogens with two attached hydrogens (primary N) is 1. The summed E-state index contributed by atoms with van der Waals surface area (Å²) in [5.74, 6) is 0.804. The summed E-state index contributed by atoms with van der Waals surface area (Å²) < 4.78 is 7.12. The number of hydrogen-bond acceptors (Lipinski definition) is 2. The van der Waals surface area contributed by atoms with Gasteiger partial charge in [0.1, 0.15) is 11.9 Å². The Bertz CT molecular complexity index is 592.